The summed E-state index contributed by atoms with van der Waals surface area (Å²) in [7, 11) is -2.88. The third-order valence-electron chi connectivity index (χ3n) is 30.6. The van der Waals surface area contributed by atoms with Crippen LogP contribution in [0.3, 0.4) is 0 Å². The first-order chi connectivity index (χ1) is 53.5. The summed E-state index contributed by atoms with van der Waals surface area (Å²) in [4.78, 5) is 7.77. The predicted molar refractivity (Wildman–Crippen MR) is 547 cm³/mol. The van der Waals surface area contributed by atoms with Crippen molar-refractivity contribution in [3.8, 4) is 0 Å². The van der Waals surface area contributed by atoms with Gasteiger partial charge in [-0.25, -0.2) is 8.42 Å². The van der Waals surface area contributed by atoms with Crippen LogP contribution >= 0.6 is 23.5 Å². The van der Waals surface area contributed by atoms with Crippen molar-refractivity contribution in [1.29, 1.82) is 0 Å². The highest BCUT2D eigenvalue weighted by molar-refractivity contribution is 8.00. The van der Waals surface area contributed by atoms with Crippen LogP contribution in [0.2, 0.25) is 0 Å². The molecular weight excluding hydrogens is 1540 g/mol. The Morgan fingerprint density at radius 3 is 0.917 bits per heavy atom. The molecule has 9 fully saturated rings. The third kappa shape index (κ3) is 44.2. The van der Waals surface area contributed by atoms with E-state index in [0.717, 1.165) is 109 Å². The molecule has 9 rings (SSSR count). The molecule has 11 heteroatoms. The highest BCUT2D eigenvalue weighted by Gasteiger charge is 2.49. The normalized spacial score (nSPS) is 28.7. The number of likely N-dealkylation sites (tertiary alicyclic amines) is 3. The minimum absolute atomic E-state index is 0.104. The summed E-state index contributed by atoms with van der Waals surface area (Å²) in [5, 5.41) is 0.718. The number of rotatable bonds is 2. The van der Waals surface area contributed by atoms with Crippen LogP contribution in [0, 0.1) is 147 Å². The molecule has 9 saturated heterocycles. The molecule has 0 aromatic carbocycles. The number of piperidine rings is 1. The first-order valence-electron chi connectivity index (χ1n) is 50.0. The average Bonchev–Trinajstić information content (AvgIpc) is 1.63. The summed E-state index contributed by atoms with van der Waals surface area (Å²) in [6.45, 7) is 132. The maximum atomic E-state index is 12.1. The van der Waals surface area contributed by atoms with Crippen LogP contribution in [0.25, 0.3) is 0 Å². The summed E-state index contributed by atoms with van der Waals surface area (Å²) < 4.78 is 41.7. The van der Waals surface area contributed by atoms with Crippen molar-refractivity contribution in [3.63, 3.8) is 0 Å². The third-order valence-corrected chi connectivity index (χ3v) is 36.5. The Bertz CT molecular complexity index is 2660. The molecule has 9 aliphatic heterocycles. The van der Waals surface area contributed by atoms with E-state index < -0.39 is 9.84 Å². The zero-order chi connectivity index (χ0) is 95.3. The molecule has 0 saturated carbocycles. The molecule has 0 aromatic rings. The number of hydrogen-bond acceptors (Lipinski definition) is 10. The monoisotopic (exact) mass is 1760 g/mol. The average molecular weight is 1760 g/mol. The lowest BCUT2D eigenvalue weighted by molar-refractivity contribution is -0.0908. The fourth-order valence-electron chi connectivity index (χ4n) is 18.4. The standard InChI is InChI=1S/C13H27N.2C13H26O.2C13H26S.C12H24O2S.C12H24O.C11H23N.C10H21N/c1-12(2,3)11-7-9-14(10-8-11)13(4,5)6;1-12(2,3)10-7-11(9-14-8-10)13(4,5)6;1-12(2,3)10-7-8-11(14-9-10)13(4,5)6;1-12(2,3)10-7-11(9-14-8-10)13(4,5)6;1-12(2,3)10-7-8-11(14-9-10)13(4,5)6;1-11(2,3)9-7-10(12(4,5)6)15(13,14)8-9;1-11(2,3)9-7-10(13-8-9)12(4,5)6;1-9(2)12-7-6-10(8-12)11(3,4)5;1-8(2)9-6-11(7-9)10(3,4)5/h11H,7-10H2,1-6H3;4*10-11H,7-9H2,1-6H3;9-10H,7-8H2,1-6H3;9-10H,7-8H2,1-6H3;9-10H,6-8H2,1-5H3;8-9H,6-7H2,1-5H3. The van der Waals surface area contributed by atoms with Gasteiger partial charge in [0.1, 0.15) is 0 Å². The fraction of sp³-hybridized carbons (Fsp3) is 1.00. The predicted octanol–water partition coefficient (Wildman–Crippen LogP) is 31.7. The molecule has 9 heterocycles. The van der Waals surface area contributed by atoms with Gasteiger partial charge < -0.3 is 19.1 Å². The Kier molecular flexibility index (Phi) is 45.8. The van der Waals surface area contributed by atoms with Crippen LogP contribution in [-0.2, 0) is 24.0 Å². The van der Waals surface area contributed by atoms with Gasteiger partial charge in [-0.1, -0.05) is 305 Å². The summed E-state index contributed by atoms with van der Waals surface area (Å²) >= 11 is 4.37. The van der Waals surface area contributed by atoms with Crippen molar-refractivity contribution in [1.82, 2.24) is 14.7 Å². The van der Waals surface area contributed by atoms with E-state index in [2.05, 4.69) is 377 Å². The second kappa shape index (κ2) is 46.4. The van der Waals surface area contributed by atoms with E-state index in [1.807, 2.05) is 20.8 Å². The van der Waals surface area contributed by atoms with Gasteiger partial charge in [0.2, 0.25) is 0 Å². The van der Waals surface area contributed by atoms with Crippen LogP contribution < -0.4 is 0 Å². The summed E-state index contributed by atoms with van der Waals surface area (Å²) in [6, 6.07) is 0.734. The lowest BCUT2D eigenvalue weighted by Gasteiger charge is -2.49. The second-order valence-corrected chi connectivity index (χ2v) is 62.8. The Hall–Kier alpha value is 0.410. The molecule has 0 radical (unpaired) electrons. The van der Waals surface area contributed by atoms with Crippen molar-refractivity contribution in [3.05, 3.63) is 0 Å². The van der Waals surface area contributed by atoms with E-state index >= 15 is 0 Å². The minimum Gasteiger partial charge on any atom is -0.381 e. The van der Waals surface area contributed by atoms with Gasteiger partial charge in [-0.2, -0.15) is 23.5 Å². The second-order valence-electron chi connectivity index (χ2n) is 58.2. The molecule has 0 bridgehead atoms. The molecule has 0 aromatic heterocycles. The Morgan fingerprint density at radius 2 is 0.653 bits per heavy atom. The molecule has 0 spiro atoms. The molecule has 13 atom stereocenters. The van der Waals surface area contributed by atoms with Crippen molar-refractivity contribution in [2.45, 2.75) is 470 Å². The van der Waals surface area contributed by atoms with Crippen molar-refractivity contribution in [2.24, 2.45) is 147 Å². The van der Waals surface area contributed by atoms with E-state index in [0.29, 0.717) is 99.9 Å². The van der Waals surface area contributed by atoms with E-state index in [1.165, 1.54) is 121 Å². The van der Waals surface area contributed by atoms with Crippen LogP contribution in [-0.4, -0.2) is 152 Å². The van der Waals surface area contributed by atoms with E-state index in [-0.39, 0.29) is 16.1 Å². The van der Waals surface area contributed by atoms with Gasteiger partial charge in [0.05, 0.1) is 36.4 Å². The van der Waals surface area contributed by atoms with Gasteiger partial charge in [0.25, 0.3) is 0 Å². The van der Waals surface area contributed by atoms with E-state index in [9.17, 15) is 8.42 Å². The lowest BCUT2D eigenvalue weighted by atomic mass is 9.69. The van der Waals surface area contributed by atoms with Crippen LogP contribution in [0.1, 0.15) is 431 Å². The highest BCUT2D eigenvalue weighted by atomic mass is 32.2. The minimum atomic E-state index is -2.88. The molecule has 0 N–H and O–H groups in total. The van der Waals surface area contributed by atoms with Crippen molar-refractivity contribution < 1.29 is 22.6 Å². The van der Waals surface area contributed by atoms with Crippen LogP contribution in [0.4, 0.5) is 0 Å². The largest absolute Gasteiger partial charge is 0.381 e. The van der Waals surface area contributed by atoms with Gasteiger partial charge >= 0.3 is 0 Å². The molecule has 726 valence electrons. The van der Waals surface area contributed by atoms with Gasteiger partial charge in [0.15, 0.2) is 9.84 Å². The van der Waals surface area contributed by atoms with E-state index in [4.69, 9.17) is 14.2 Å². The number of ether oxygens (including phenoxy) is 3. The number of hydrogen-bond donors (Lipinski definition) is 0. The highest BCUT2D eigenvalue weighted by Crippen LogP contribution is 2.50. The molecule has 0 amide bonds. The molecule has 121 heavy (non-hydrogen) atoms. The molecular formula is C110H223N3O5S3. The Labute approximate surface area is 771 Å². The quantitative estimate of drug-likeness (QED) is 0.267. The lowest BCUT2D eigenvalue weighted by Crippen LogP contribution is -2.57. The van der Waals surface area contributed by atoms with Gasteiger partial charge in [-0.3, -0.25) is 9.80 Å². The SMILES string of the molecule is CC(C)(C)C1CC(C(C)(C)C)S(=O)(=O)C1.CC(C)(C)C1CCC(C(C)(C)C)OC1.CC(C)(C)C1CCC(C(C)(C)C)SC1.CC(C)(C)C1CCN(C(C)(C)C)CC1.CC(C)(C)C1COC(C(C)(C)C)C1.CC(C)(C)C1COCC(C(C)(C)C)C1.CC(C)(C)C1CSCC(C(C)(C)C)C1.CC(C)C1CN(C(C)(C)C)C1.CC(C)N1CCC(C(C)(C)C)C1. The van der Waals surface area contributed by atoms with Crippen LogP contribution in [0.5, 0.6) is 0 Å². The van der Waals surface area contributed by atoms with Crippen LogP contribution in [0.15, 0.2) is 0 Å². The zero-order valence-corrected chi connectivity index (χ0v) is 94.5. The maximum Gasteiger partial charge on any atom is 0.153 e. The fourth-order valence-corrected chi connectivity index (χ4v) is 25.3. The molecule has 0 aliphatic carbocycles. The maximum absolute atomic E-state index is 12.1. The van der Waals surface area contributed by atoms with Crippen molar-refractivity contribution in [2.75, 3.05) is 88.7 Å². The Balaban J connectivity index is 0.000000681. The molecule has 13 unspecified atom stereocenters. The number of thioether (sulfide) groups is 2. The number of nitrogens with zero attached hydrogens (tertiary/aromatic N) is 3. The summed E-state index contributed by atoms with van der Waals surface area (Å²) in [6.07, 6.45) is 15.3. The summed E-state index contributed by atoms with van der Waals surface area (Å²) in [5.74, 6) is 14.1. The van der Waals surface area contributed by atoms with Gasteiger partial charge in [0, 0.05) is 55.2 Å². The number of sulfone groups is 1. The first-order valence-corrected chi connectivity index (χ1v) is 53.9. The zero-order valence-electron chi connectivity index (χ0n) is 92.1. The Morgan fingerprint density at radius 1 is 0.298 bits per heavy atom. The topological polar surface area (TPSA) is 71.5 Å². The molecule has 9 aliphatic rings. The molecule has 8 nitrogen and oxygen atoms in total. The van der Waals surface area contributed by atoms with Gasteiger partial charge in [-0.05, 0) is 310 Å². The first kappa shape index (κ1) is 119. The summed E-state index contributed by atoms with van der Waals surface area (Å²) in [5.41, 5.74) is 5.95. The smallest absolute Gasteiger partial charge is 0.153 e. The van der Waals surface area contributed by atoms with Gasteiger partial charge in [-0.15, -0.1) is 0 Å². The van der Waals surface area contributed by atoms with E-state index in [1.54, 1.807) is 0 Å². The van der Waals surface area contributed by atoms with Crippen molar-refractivity contribution >= 4 is 33.4 Å².